The Bertz CT molecular complexity index is 1510. The third kappa shape index (κ3) is 3.25. The monoisotopic (exact) mass is 438 g/mol. The highest BCUT2D eigenvalue weighted by atomic mass is 16.3. The van der Waals surface area contributed by atoms with E-state index in [4.69, 9.17) is 9.40 Å². The average Bonchev–Trinajstić information content (AvgIpc) is 3.62. The number of benzene rings is 2. The van der Waals surface area contributed by atoms with Crippen molar-refractivity contribution in [1.82, 2.24) is 19.1 Å². The van der Waals surface area contributed by atoms with Gasteiger partial charge in [-0.05, 0) is 44.0 Å². The highest BCUT2D eigenvalue weighted by Crippen LogP contribution is 2.36. The van der Waals surface area contributed by atoms with Crippen molar-refractivity contribution in [2.75, 3.05) is 0 Å². The molecule has 0 spiro atoms. The van der Waals surface area contributed by atoms with E-state index in [2.05, 4.69) is 54.4 Å². The van der Waals surface area contributed by atoms with Crippen LogP contribution in [-0.2, 0) is 7.05 Å². The zero-order chi connectivity index (χ0) is 22.5. The van der Waals surface area contributed by atoms with Crippen LogP contribution in [0.25, 0.3) is 44.9 Å². The molecule has 1 saturated carbocycles. The van der Waals surface area contributed by atoms with Crippen LogP contribution < -0.4 is 5.69 Å². The summed E-state index contributed by atoms with van der Waals surface area (Å²) in [6.45, 7) is 2.08. The number of imidazole rings is 2. The van der Waals surface area contributed by atoms with Gasteiger partial charge in [-0.15, -0.1) is 0 Å². The van der Waals surface area contributed by atoms with Gasteiger partial charge in [0.15, 0.2) is 0 Å². The van der Waals surface area contributed by atoms with E-state index in [-0.39, 0.29) is 5.69 Å². The first kappa shape index (κ1) is 19.9. The Morgan fingerprint density at radius 3 is 2.61 bits per heavy atom. The Labute approximate surface area is 191 Å². The Morgan fingerprint density at radius 1 is 1.00 bits per heavy atom. The molecule has 1 N–H and O–H groups in total. The summed E-state index contributed by atoms with van der Waals surface area (Å²) in [6, 6.07) is 16.8. The molecule has 6 nitrogen and oxygen atoms in total. The summed E-state index contributed by atoms with van der Waals surface area (Å²) in [4.78, 5) is 21.6. The quantitative estimate of drug-likeness (QED) is 0.370. The number of nitrogens with zero attached hydrogens (tertiary/aromatic N) is 3. The molecule has 3 heterocycles. The summed E-state index contributed by atoms with van der Waals surface area (Å²) >= 11 is 0. The third-order valence-corrected chi connectivity index (χ3v) is 6.86. The first-order valence-electron chi connectivity index (χ1n) is 11.5. The lowest BCUT2D eigenvalue weighted by Crippen LogP contribution is -2.24. The van der Waals surface area contributed by atoms with Gasteiger partial charge in [0.25, 0.3) is 0 Å². The van der Waals surface area contributed by atoms with Crippen molar-refractivity contribution in [2.45, 2.75) is 38.6 Å². The molecule has 0 saturated heterocycles. The number of hydrogen-bond acceptors (Lipinski definition) is 3. The van der Waals surface area contributed by atoms with Crippen LogP contribution in [0.1, 0.15) is 37.3 Å². The molecule has 6 heteroatoms. The Hall–Kier alpha value is -3.80. The predicted octanol–water partition coefficient (Wildman–Crippen LogP) is 6.08. The van der Waals surface area contributed by atoms with Crippen molar-refractivity contribution in [2.24, 2.45) is 7.05 Å². The van der Waals surface area contributed by atoms with Crippen LogP contribution in [0.2, 0.25) is 0 Å². The molecule has 0 amide bonds. The second-order valence-electron chi connectivity index (χ2n) is 9.04. The van der Waals surface area contributed by atoms with Gasteiger partial charge in [0.1, 0.15) is 12.1 Å². The van der Waals surface area contributed by atoms with Crippen LogP contribution in [0, 0.1) is 6.92 Å². The maximum atomic E-state index is 13.1. The van der Waals surface area contributed by atoms with E-state index in [9.17, 15) is 4.79 Å². The summed E-state index contributed by atoms with van der Waals surface area (Å²) in [5, 5.41) is 0. The standard InChI is InChI=1S/C27H26N4O2/c1-17-6-5-7-18(14-17)24-25(29-26(28-24)20-12-13-33-16-20)19-10-11-22-23(15-19)30(2)27(32)31(22)21-8-3-4-9-21/h5-7,10-16,21H,3-4,8-9H2,1-2H3,(H,28,29). The average molecular weight is 439 g/mol. The van der Waals surface area contributed by atoms with Crippen LogP contribution >= 0.6 is 0 Å². The number of nitrogens with one attached hydrogen (secondary N) is 1. The van der Waals surface area contributed by atoms with Crippen molar-refractivity contribution < 1.29 is 4.42 Å². The highest BCUT2D eigenvalue weighted by molar-refractivity contribution is 5.87. The summed E-state index contributed by atoms with van der Waals surface area (Å²) in [5.41, 5.74) is 7.96. The lowest BCUT2D eigenvalue weighted by molar-refractivity contribution is 0.509. The number of furan rings is 1. The van der Waals surface area contributed by atoms with Gasteiger partial charge in [0.05, 0.1) is 34.2 Å². The molecule has 1 fully saturated rings. The van der Waals surface area contributed by atoms with Crippen molar-refractivity contribution >= 4 is 11.0 Å². The highest BCUT2D eigenvalue weighted by Gasteiger charge is 2.23. The largest absolute Gasteiger partial charge is 0.472 e. The topological polar surface area (TPSA) is 68.8 Å². The lowest BCUT2D eigenvalue weighted by atomic mass is 10.0. The molecular formula is C27H26N4O2. The Kier molecular flexibility index (Phi) is 4.61. The Balaban J connectivity index is 1.55. The maximum Gasteiger partial charge on any atom is 0.329 e. The van der Waals surface area contributed by atoms with Crippen molar-refractivity contribution in [3.63, 3.8) is 0 Å². The molecule has 3 aromatic heterocycles. The van der Waals surface area contributed by atoms with Crippen LogP contribution in [-0.4, -0.2) is 19.1 Å². The lowest BCUT2D eigenvalue weighted by Gasteiger charge is -2.11. The van der Waals surface area contributed by atoms with Gasteiger partial charge in [0, 0.05) is 24.2 Å². The molecule has 5 aromatic rings. The minimum absolute atomic E-state index is 0.0663. The third-order valence-electron chi connectivity index (χ3n) is 6.86. The zero-order valence-electron chi connectivity index (χ0n) is 18.8. The Morgan fingerprint density at radius 2 is 1.85 bits per heavy atom. The summed E-state index contributed by atoms with van der Waals surface area (Å²) in [5.74, 6) is 0.757. The van der Waals surface area contributed by atoms with E-state index in [1.54, 1.807) is 17.1 Å². The second-order valence-corrected chi connectivity index (χ2v) is 9.04. The van der Waals surface area contributed by atoms with Crippen LogP contribution in [0.15, 0.2) is 70.3 Å². The van der Waals surface area contributed by atoms with E-state index in [1.807, 2.05) is 17.7 Å². The first-order chi connectivity index (χ1) is 16.1. The van der Waals surface area contributed by atoms with Crippen LogP contribution in [0.5, 0.6) is 0 Å². The maximum absolute atomic E-state index is 13.1. The van der Waals surface area contributed by atoms with Gasteiger partial charge < -0.3 is 9.40 Å². The van der Waals surface area contributed by atoms with Gasteiger partial charge in [-0.3, -0.25) is 9.13 Å². The van der Waals surface area contributed by atoms with Crippen LogP contribution in [0.3, 0.4) is 0 Å². The molecular weight excluding hydrogens is 412 g/mol. The smallest absolute Gasteiger partial charge is 0.329 e. The molecule has 1 aliphatic rings. The van der Waals surface area contributed by atoms with Gasteiger partial charge in [-0.25, -0.2) is 9.78 Å². The number of rotatable bonds is 4. The molecule has 2 aromatic carbocycles. The summed E-state index contributed by atoms with van der Waals surface area (Å²) in [7, 11) is 1.87. The number of H-pyrrole nitrogens is 1. The molecule has 33 heavy (non-hydrogen) atoms. The van der Waals surface area contributed by atoms with Gasteiger partial charge >= 0.3 is 5.69 Å². The summed E-state index contributed by atoms with van der Waals surface area (Å²) in [6.07, 6.45) is 7.88. The number of aryl methyl sites for hydroxylation is 2. The predicted molar refractivity (Wildman–Crippen MR) is 130 cm³/mol. The van der Waals surface area contributed by atoms with Gasteiger partial charge in [-0.2, -0.15) is 0 Å². The van der Waals surface area contributed by atoms with E-state index in [0.717, 1.165) is 57.8 Å². The van der Waals surface area contributed by atoms with E-state index in [1.165, 1.54) is 18.4 Å². The molecule has 0 unspecified atom stereocenters. The molecule has 6 rings (SSSR count). The number of fused-ring (bicyclic) bond motifs is 1. The first-order valence-corrected chi connectivity index (χ1v) is 11.5. The van der Waals surface area contributed by atoms with E-state index in [0.29, 0.717) is 6.04 Å². The zero-order valence-corrected chi connectivity index (χ0v) is 18.8. The normalized spacial score (nSPS) is 14.5. The van der Waals surface area contributed by atoms with Crippen molar-refractivity contribution in [3.8, 4) is 33.9 Å². The minimum Gasteiger partial charge on any atom is -0.472 e. The van der Waals surface area contributed by atoms with Gasteiger partial charge in [0.2, 0.25) is 0 Å². The molecule has 0 radical (unpaired) electrons. The van der Waals surface area contributed by atoms with Crippen molar-refractivity contribution in [3.05, 3.63) is 77.1 Å². The number of aromatic amines is 1. The fraction of sp³-hybridized carbons (Fsp3) is 0.259. The van der Waals surface area contributed by atoms with Crippen molar-refractivity contribution in [1.29, 1.82) is 0 Å². The minimum atomic E-state index is 0.0663. The van der Waals surface area contributed by atoms with Crippen LogP contribution in [0.4, 0.5) is 0 Å². The molecule has 0 bridgehead atoms. The SMILES string of the molecule is Cc1cccc(-c2nc(-c3ccoc3)[nH]c2-c2ccc3c(c2)n(C)c(=O)n3C2CCCC2)c1. The number of hydrogen-bond donors (Lipinski definition) is 1. The second kappa shape index (κ2) is 7.66. The summed E-state index contributed by atoms with van der Waals surface area (Å²) < 4.78 is 9.06. The van der Waals surface area contributed by atoms with Gasteiger partial charge in [-0.1, -0.05) is 42.7 Å². The van der Waals surface area contributed by atoms with E-state index < -0.39 is 0 Å². The molecule has 0 atom stereocenters. The van der Waals surface area contributed by atoms with E-state index >= 15 is 0 Å². The fourth-order valence-corrected chi connectivity index (χ4v) is 5.15. The fourth-order valence-electron chi connectivity index (χ4n) is 5.15. The number of aromatic nitrogens is 4. The molecule has 0 aliphatic heterocycles. The molecule has 166 valence electrons. The molecule has 1 aliphatic carbocycles.